The van der Waals surface area contributed by atoms with E-state index in [4.69, 9.17) is 0 Å². The number of nitrogens with zero attached hydrogens (tertiary/aromatic N) is 4. The number of piperidine rings is 2. The van der Waals surface area contributed by atoms with Gasteiger partial charge >= 0.3 is 0 Å². The van der Waals surface area contributed by atoms with Crippen LogP contribution in [0.3, 0.4) is 0 Å². The first-order valence-electron chi connectivity index (χ1n) is 12.1. The van der Waals surface area contributed by atoms with Crippen LogP contribution < -0.4 is 10.2 Å². The number of rotatable bonds is 5. The molecule has 3 aliphatic rings. The summed E-state index contributed by atoms with van der Waals surface area (Å²) in [6, 6.07) is 11.2. The van der Waals surface area contributed by atoms with Crippen LogP contribution in [0.4, 0.5) is 5.69 Å². The first-order chi connectivity index (χ1) is 16.7. The Morgan fingerprint density at radius 2 is 1.91 bits per heavy atom. The quantitative estimate of drug-likeness (QED) is 0.627. The van der Waals surface area contributed by atoms with Gasteiger partial charge in [-0.15, -0.1) is 0 Å². The van der Waals surface area contributed by atoms with Crippen LogP contribution in [0.2, 0.25) is 0 Å². The van der Waals surface area contributed by atoms with E-state index < -0.39 is 17.6 Å². The number of amides is 3. The fourth-order valence-corrected chi connectivity index (χ4v) is 5.22. The Morgan fingerprint density at radius 1 is 1.14 bits per heavy atom. The molecule has 2 fully saturated rings. The zero-order valence-electron chi connectivity index (χ0n) is 20.2. The van der Waals surface area contributed by atoms with Crippen LogP contribution in [0, 0.1) is 0 Å². The predicted octanol–water partition coefficient (Wildman–Crippen LogP) is 1.39. The summed E-state index contributed by atoms with van der Waals surface area (Å²) in [7, 11) is 4.06. The Labute approximate surface area is 204 Å². The van der Waals surface area contributed by atoms with E-state index in [2.05, 4.69) is 44.4 Å². The van der Waals surface area contributed by atoms with Crippen molar-refractivity contribution < 1.29 is 19.5 Å². The summed E-state index contributed by atoms with van der Waals surface area (Å²) in [5, 5.41) is 13.7. The summed E-state index contributed by atoms with van der Waals surface area (Å²) in [4.78, 5) is 47.3. The van der Waals surface area contributed by atoms with Gasteiger partial charge in [0.05, 0.1) is 23.5 Å². The third-order valence-electron chi connectivity index (χ3n) is 7.37. The maximum atomic E-state index is 12.9. The van der Waals surface area contributed by atoms with Gasteiger partial charge in [0.2, 0.25) is 11.8 Å². The molecule has 184 valence electrons. The summed E-state index contributed by atoms with van der Waals surface area (Å²) < 4.78 is 0. The number of imide groups is 1. The van der Waals surface area contributed by atoms with E-state index in [-0.39, 0.29) is 24.8 Å². The third-order valence-corrected chi connectivity index (χ3v) is 7.37. The van der Waals surface area contributed by atoms with E-state index in [1.807, 2.05) is 14.1 Å². The lowest BCUT2D eigenvalue weighted by Gasteiger charge is -2.38. The van der Waals surface area contributed by atoms with Crippen LogP contribution in [0.5, 0.6) is 0 Å². The van der Waals surface area contributed by atoms with E-state index in [1.54, 1.807) is 12.1 Å². The maximum Gasteiger partial charge on any atom is 0.256 e. The number of fused-ring (bicyclic) bond motifs is 1. The second-order valence-corrected chi connectivity index (χ2v) is 9.96. The van der Waals surface area contributed by atoms with Crippen molar-refractivity contribution in [2.24, 2.45) is 0 Å². The minimum absolute atomic E-state index is 0.207. The Balaban J connectivity index is 1.25. The Morgan fingerprint density at radius 3 is 2.63 bits per heavy atom. The topological polar surface area (TPSA) is 106 Å². The molecule has 0 aliphatic carbocycles. The summed E-state index contributed by atoms with van der Waals surface area (Å²) in [5.74, 6) is -1.00. The second kappa shape index (κ2) is 9.05. The van der Waals surface area contributed by atoms with Crippen LogP contribution in [-0.4, -0.2) is 70.8 Å². The Bertz CT molecular complexity index is 1170. The minimum Gasteiger partial charge on any atom is -0.383 e. The average molecular weight is 478 g/mol. The van der Waals surface area contributed by atoms with Crippen LogP contribution in [0.25, 0.3) is 0 Å². The lowest BCUT2D eigenvalue weighted by Crippen LogP contribution is -2.52. The van der Waals surface area contributed by atoms with E-state index in [9.17, 15) is 19.5 Å². The number of hydrogen-bond acceptors (Lipinski definition) is 7. The van der Waals surface area contributed by atoms with Crippen molar-refractivity contribution in [3.05, 3.63) is 58.9 Å². The lowest BCUT2D eigenvalue weighted by atomic mass is 9.87. The average Bonchev–Trinajstić information content (AvgIpc) is 3.16. The first kappa shape index (κ1) is 23.4. The molecule has 2 N–H and O–H groups in total. The number of aliphatic hydroxyl groups is 1. The molecule has 0 saturated carbocycles. The number of pyridine rings is 1. The fourth-order valence-electron chi connectivity index (χ4n) is 5.22. The molecule has 0 bridgehead atoms. The summed E-state index contributed by atoms with van der Waals surface area (Å²) in [6.45, 7) is 2.51. The molecule has 0 radical (unpaired) electrons. The molecule has 1 aromatic carbocycles. The molecule has 3 aliphatic heterocycles. The van der Waals surface area contributed by atoms with Gasteiger partial charge in [-0.05, 0) is 49.1 Å². The van der Waals surface area contributed by atoms with E-state index in [1.165, 1.54) is 16.2 Å². The number of benzene rings is 1. The lowest BCUT2D eigenvalue weighted by molar-refractivity contribution is -0.136. The van der Waals surface area contributed by atoms with E-state index >= 15 is 0 Å². The first-order valence-corrected chi connectivity index (χ1v) is 12.1. The van der Waals surface area contributed by atoms with Crippen molar-refractivity contribution in [2.45, 2.75) is 50.4 Å². The predicted molar refractivity (Wildman–Crippen MR) is 129 cm³/mol. The van der Waals surface area contributed by atoms with Crippen LogP contribution in [0.1, 0.15) is 53.0 Å². The van der Waals surface area contributed by atoms with Crippen LogP contribution in [-0.2, 0) is 28.3 Å². The van der Waals surface area contributed by atoms with Crippen molar-refractivity contribution in [3.63, 3.8) is 0 Å². The van der Waals surface area contributed by atoms with E-state index in [0.717, 1.165) is 19.6 Å². The van der Waals surface area contributed by atoms with Gasteiger partial charge in [0, 0.05) is 45.8 Å². The van der Waals surface area contributed by atoms with Gasteiger partial charge in [-0.3, -0.25) is 29.6 Å². The molecule has 1 aromatic heterocycles. The number of nitrogens with one attached hydrogen (secondary N) is 1. The second-order valence-electron chi connectivity index (χ2n) is 9.96. The van der Waals surface area contributed by atoms with Gasteiger partial charge in [0.15, 0.2) is 0 Å². The fraction of sp³-hybridized carbons (Fsp3) is 0.462. The highest BCUT2D eigenvalue weighted by Crippen LogP contribution is 2.35. The zero-order valence-corrected chi connectivity index (χ0v) is 20.2. The highest BCUT2D eigenvalue weighted by Gasteiger charge is 2.41. The Hall–Kier alpha value is -3.30. The number of carbonyl (C=O) groups excluding carboxylic acids is 3. The minimum atomic E-state index is -1.05. The summed E-state index contributed by atoms with van der Waals surface area (Å²) in [5.41, 5.74) is 2.96. The number of hydrogen-bond donors (Lipinski definition) is 2. The smallest absolute Gasteiger partial charge is 0.256 e. The van der Waals surface area contributed by atoms with Gasteiger partial charge in [-0.1, -0.05) is 12.1 Å². The molecule has 3 amide bonds. The Kier molecular flexibility index (Phi) is 6.06. The van der Waals surface area contributed by atoms with Crippen LogP contribution >= 0.6 is 0 Å². The monoisotopic (exact) mass is 477 g/mol. The molecule has 2 saturated heterocycles. The van der Waals surface area contributed by atoms with Gasteiger partial charge < -0.3 is 14.9 Å². The van der Waals surface area contributed by atoms with Gasteiger partial charge in [0.1, 0.15) is 11.6 Å². The molecule has 35 heavy (non-hydrogen) atoms. The van der Waals surface area contributed by atoms with Gasteiger partial charge in [-0.2, -0.15) is 0 Å². The molecule has 9 heteroatoms. The number of anilines is 1. The molecule has 5 rings (SSSR count). The maximum absolute atomic E-state index is 12.9. The molecule has 2 aromatic rings. The summed E-state index contributed by atoms with van der Waals surface area (Å²) >= 11 is 0. The van der Waals surface area contributed by atoms with Gasteiger partial charge in [0.25, 0.3) is 5.91 Å². The molecule has 1 unspecified atom stereocenters. The standard InChI is InChI=1S/C26H31N5O4/c1-29(2)18-5-3-4-17(14-18)15-30-12-10-26(35,11-13-30)22-8-6-19-20(27-22)16-31(25(19)34)21-7-9-23(32)28-24(21)33/h3-6,8,14,21,35H,7,9-13,15-16H2,1-2H3,(H,28,32,33). The summed E-state index contributed by atoms with van der Waals surface area (Å²) in [6.07, 6.45) is 1.63. The molecular weight excluding hydrogens is 446 g/mol. The highest BCUT2D eigenvalue weighted by atomic mass is 16.3. The van der Waals surface area contributed by atoms with Crippen molar-refractivity contribution in [1.29, 1.82) is 0 Å². The SMILES string of the molecule is CN(C)c1cccc(CN2CCC(O)(c3ccc4c(n3)CN(C3CCC(=O)NC3=O)C4=O)CC2)c1. The van der Waals surface area contributed by atoms with E-state index in [0.29, 0.717) is 36.2 Å². The number of aromatic nitrogens is 1. The van der Waals surface area contributed by atoms with Gasteiger partial charge in [-0.25, -0.2) is 0 Å². The molecule has 0 spiro atoms. The largest absolute Gasteiger partial charge is 0.383 e. The third kappa shape index (κ3) is 4.53. The normalized spacial score (nSPS) is 22.2. The van der Waals surface area contributed by atoms with Crippen molar-refractivity contribution >= 4 is 23.4 Å². The molecule has 1 atom stereocenters. The molecular formula is C26H31N5O4. The number of carbonyl (C=O) groups is 3. The highest BCUT2D eigenvalue weighted by molar-refractivity contribution is 6.05. The van der Waals surface area contributed by atoms with Crippen molar-refractivity contribution in [1.82, 2.24) is 20.1 Å². The molecule has 9 nitrogen and oxygen atoms in total. The van der Waals surface area contributed by atoms with Crippen molar-refractivity contribution in [2.75, 3.05) is 32.1 Å². The zero-order chi connectivity index (χ0) is 24.7. The van der Waals surface area contributed by atoms with Crippen LogP contribution in [0.15, 0.2) is 36.4 Å². The van der Waals surface area contributed by atoms with Crippen molar-refractivity contribution in [3.8, 4) is 0 Å². The number of likely N-dealkylation sites (tertiary alicyclic amines) is 1. The molecule has 4 heterocycles.